The highest BCUT2D eigenvalue weighted by molar-refractivity contribution is 5.97. The highest BCUT2D eigenvalue weighted by Crippen LogP contribution is 2.12. The van der Waals surface area contributed by atoms with Crippen molar-refractivity contribution in [3.63, 3.8) is 0 Å². The topological polar surface area (TPSA) is 29.1 Å². The van der Waals surface area contributed by atoms with E-state index in [1.807, 2.05) is 12.1 Å². The number of benzene rings is 1. The summed E-state index contributed by atoms with van der Waals surface area (Å²) < 4.78 is 0. The van der Waals surface area contributed by atoms with Gasteiger partial charge >= 0.3 is 0 Å². The van der Waals surface area contributed by atoms with Gasteiger partial charge < -0.3 is 5.32 Å². The minimum absolute atomic E-state index is 0.00407. The van der Waals surface area contributed by atoms with Crippen molar-refractivity contribution in [3.8, 4) is 0 Å². The van der Waals surface area contributed by atoms with Gasteiger partial charge in [0.25, 0.3) is 5.91 Å². The van der Waals surface area contributed by atoms with Crippen LogP contribution in [0.15, 0.2) is 18.2 Å². The van der Waals surface area contributed by atoms with E-state index in [0.717, 1.165) is 5.56 Å². The molecule has 1 radical (unpaired) electrons. The molecule has 10 heavy (non-hydrogen) atoms. The molecule has 0 fully saturated rings. The van der Waals surface area contributed by atoms with Gasteiger partial charge in [-0.15, -0.1) is 0 Å². The fraction of sp³-hybridized carbons (Fsp3) is 0.125. The second-order valence-electron chi connectivity index (χ2n) is 2.25. The van der Waals surface area contributed by atoms with Gasteiger partial charge in [0.2, 0.25) is 0 Å². The van der Waals surface area contributed by atoms with Crippen molar-refractivity contribution in [3.05, 3.63) is 35.4 Å². The Morgan fingerprint density at radius 3 is 3.30 bits per heavy atom. The number of carbonyl (C=O) groups is 1. The third-order valence-electron chi connectivity index (χ3n) is 1.61. The van der Waals surface area contributed by atoms with Crippen LogP contribution in [0, 0.1) is 6.07 Å². The molecule has 1 aromatic rings. The first kappa shape index (κ1) is 5.47. The molecule has 0 spiro atoms. The van der Waals surface area contributed by atoms with Crippen LogP contribution in [0.2, 0.25) is 0 Å². The first-order valence-corrected chi connectivity index (χ1v) is 3.16. The molecule has 0 atom stereocenters. The Hall–Kier alpha value is -1.31. The number of carbonyl (C=O) groups excluding carboxylic acids is 1. The number of hydrogen-bond acceptors (Lipinski definition) is 1. The van der Waals surface area contributed by atoms with Crippen LogP contribution in [0.1, 0.15) is 15.9 Å². The number of fused-ring (bicyclic) bond motifs is 1. The summed E-state index contributed by atoms with van der Waals surface area (Å²) in [6.07, 6.45) is 0. The van der Waals surface area contributed by atoms with E-state index in [4.69, 9.17) is 0 Å². The fourth-order valence-corrected chi connectivity index (χ4v) is 1.09. The Labute approximate surface area is 58.9 Å². The molecule has 1 heterocycles. The van der Waals surface area contributed by atoms with Gasteiger partial charge in [-0.05, 0) is 11.6 Å². The van der Waals surface area contributed by atoms with Crippen LogP contribution in [-0.4, -0.2) is 5.91 Å². The van der Waals surface area contributed by atoms with Crippen molar-refractivity contribution >= 4 is 5.91 Å². The van der Waals surface area contributed by atoms with Crippen LogP contribution in [0.3, 0.4) is 0 Å². The maximum absolute atomic E-state index is 10.9. The molecule has 0 aromatic heterocycles. The van der Waals surface area contributed by atoms with Gasteiger partial charge in [-0.3, -0.25) is 4.79 Å². The summed E-state index contributed by atoms with van der Waals surface area (Å²) in [7, 11) is 0. The quantitative estimate of drug-likeness (QED) is 0.554. The van der Waals surface area contributed by atoms with E-state index in [9.17, 15) is 4.79 Å². The van der Waals surface area contributed by atoms with Crippen LogP contribution < -0.4 is 5.32 Å². The lowest BCUT2D eigenvalue weighted by Crippen LogP contribution is -2.12. The molecule has 2 rings (SSSR count). The van der Waals surface area contributed by atoms with Crippen molar-refractivity contribution in [2.24, 2.45) is 0 Å². The average molecular weight is 132 g/mol. The molecule has 0 unspecified atom stereocenters. The Kier molecular flexibility index (Phi) is 1.01. The lowest BCUT2D eigenvalue weighted by atomic mass is 10.1. The number of rotatable bonds is 0. The number of amides is 1. The summed E-state index contributed by atoms with van der Waals surface area (Å²) in [5, 5.41) is 2.71. The minimum Gasteiger partial charge on any atom is -0.348 e. The first-order valence-electron chi connectivity index (χ1n) is 3.16. The summed E-state index contributed by atoms with van der Waals surface area (Å²) >= 11 is 0. The Bertz CT molecular complexity index is 280. The molecule has 0 aliphatic carbocycles. The number of nitrogens with one attached hydrogen (secondary N) is 1. The standard InChI is InChI=1S/C8H6NO/c10-8-7-4-2-1-3-6(7)5-9-8/h1-3H,5H2,(H,9,10). The van der Waals surface area contributed by atoms with Crippen LogP contribution in [0.5, 0.6) is 0 Å². The molecule has 0 saturated heterocycles. The normalized spacial score (nSPS) is 14.6. The van der Waals surface area contributed by atoms with Crippen LogP contribution >= 0.6 is 0 Å². The van der Waals surface area contributed by atoms with Gasteiger partial charge in [0.15, 0.2) is 0 Å². The van der Waals surface area contributed by atoms with Crippen molar-refractivity contribution < 1.29 is 4.79 Å². The van der Waals surface area contributed by atoms with Crippen LogP contribution in [0.25, 0.3) is 0 Å². The molecular formula is C8H6NO. The molecular weight excluding hydrogens is 126 g/mol. The molecule has 2 nitrogen and oxygen atoms in total. The van der Waals surface area contributed by atoms with Crippen molar-refractivity contribution in [1.29, 1.82) is 0 Å². The van der Waals surface area contributed by atoms with Gasteiger partial charge in [-0.1, -0.05) is 18.2 Å². The lowest BCUT2D eigenvalue weighted by Gasteiger charge is -1.89. The zero-order valence-corrected chi connectivity index (χ0v) is 5.35. The van der Waals surface area contributed by atoms with Gasteiger partial charge in [0.05, 0.1) is 5.56 Å². The maximum Gasteiger partial charge on any atom is 0.252 e. The minimum atomic E-state index is -0.00407. The number of hydrogen-bond donors (Lipinski definition) is 1. The predicted octanol–water partition coefficient (Wildman–Crippen LogP) is 0.730. The van der Waals surface area contributed by atoms with Gasteiger partial charge in [0, 0.05) is 6.54 Å². The molecule has 2 heteroatoms. The zero-order valence-electron chi connectivity index (χ0n) is 5.35. The van der Waals surface area contributed by atoms with Gasteiger partial charge in [0.1, 0.15) is 0 Å². The lowest BCUT2D eigenvalue weighted by molar-refractivity contribution is 0.0965. The van der Waals surface area contributed by atoms with E-state index in [0.29, 0.717) is 12.1 Å². The summed E-state index contributed by atoms with van der Waals surface area (Å²) in [6, 6.07) is 8.46. The second kappa shape index (κ2) is 1.84. The van der Waals surface area contributed by atoms with Crippen LogP contribution in [0.4, 0.5) is 0 Å². The van der Waals surface area contributed by atoms with E-state index < -0.39 is 0 Å². The van der Waals surface area contributed by atoms with E-state index in [-0.39, 0.29) is 5.91 Å². The predicted molar refractivity (Wildman–Crippen MR) is 36.4 cm³/mol. The fourth-order valence-electron chi connectivity index (χ4n) is 1.09. The molecule has 0 saturated carbocycles. The zero-order chi connectivity index (χ0) is 6.97. The van der Waals surface area contributed by atoms with Crippen molar-refractivity contribution in [2.75, 3.05) is 0 Å². The van der Waals surface area contributed by atoms with E-state index in [1.165, 1.54) is 0 Å². The van der Waals surface area contributed by atoms with Crippen molar-refractivity contribution in [1.82, 2.24) is 5.32 Å². The Morgan fingerprint density at radius 1 is 1.60 bits per heavy atom. The molecule has 1 aliphatic heterocycles. The highest BCUT2D eigenvalue weighted by Gasteiger charge is 2.16. The van der Waals surface area contributed by atoms with E-state index in [1.54, 1.807) is 6.07 Å². The van der Waals surface area contributed by atoms with E-state index in [2.05, 4.69) is 11.4 Å². The highest BCUT2D eigenvalue weighted by atomic mass is 16.1. The smallest absolute Gasteiger partial charge is 0.252 e. The maximum atomic E-state index is 10.9. The largest absolute Gasteiger partial charge is 0.348 e. The summed E-state index contributed by atoms with van der Waals surface area (Å²) in [4.78, 5) is 10.9. The summed E-state index contributed by atoms with van der Waals surface area (Å²) in [6.45, 7) is 0.658. The molecule has 1 aliphatic rings. The van der Waals surface area contributed by atoms with Crippen LogP contribution in [-0.2, 0) is 6.54 Å². The molecule has 49 valence electrons. The summed E-state index contributed by atoms with van der Waals surface area (Å²) in [5.41, 5.74) is 1.75. The average Bonchev–Trinajstić information content (AvgIpc) is 2.34. The molecule has 1 N–H and O–H groups in total. The third kappa shape index (κ3) is 0.620. The molecule has 1 amide bonds. The van der Waals surface area contributed by atoms with Gasteiger partial charge in [-0.25, -0.2) is 0 Å². The molecule has 1 aromatic carbocycles. The summed E-state index contributed by atoms with van der Waals surface area (Å²) in [5.74, 6) is -0.00407. The Balaban J connectivity index is 2.61. The van der Waals surface area contributed by atoms with Crippen molar-refractivity contribution in [2.45, 2.75) is 6.54 Å². The van der Waals surface area contributed by atoms with E-state index >= 15 is 0 Å². The molecule has 0 bridgehead atoms. The monoisotopic (exact) mass is 132 g/mol. The first-order chi connectivity index (χ1) is 4.88. The SMILES string of the molecule is O=C1NCc2ccc[c]c21. The Morgan fingerprint density at radius 2 is 2.50 bits per heavy atom. The third-order valence-corrected chi connectivity index (χ3v) is 1.61. The second-order valence-corrected chi connectivity index (χ2v) is 2.25. The van der Waals surface area contributed by atoms with Gasteiger partial charge in [-0.2, -0.15) is 0 Å².